The highest BCUT2D eigenvalue weighted by molar-refractivity contribution is 5.93. The first-order valence-corrected chi connectivity index (χ1v) is 4.56. The maximum atomic E-state index is 12.7. The van der Waals surface area contributed by atoms with Gasteiger partial charge in [0.15, 0.2) is 0 Å². The minimum atomic E-state index is -5.63. The van der Waals surface area contributed by atoms with Crippen LogP contribution in [0.2, 0.25) is 0 Å². The Morgan fingerprint density at radius 1 is 1.10 bits per heavy atom. The van der Waals surface area contributed by atoms with Crippen LogP contribution < -0.4 is 0 Å². The molecule has 110 valence electrons. The highest BCUT2D eigenvalue weighted by atomic mass is 19.4. The third-order valence-corrected chi connectivity index (χ3v) is 2.18. The van der Waals surface area contributed by atoms with Crippen molar-refractivity contribution >= 4 is 11.7 Å². The van der Waals surface area contributed by atoms with Crippen LogP contribution in [0.1, 0.15) is 21.5 Å². The highest BCUT2D eigenvalue weighted by Gasteiger charge is 2.48. The Bertz CT molecular complexity index is 577. The van der Waals surface area contributed by atoms with Gasteiger partial charge in [0.05, 0.1) is 16.1 Å². The van der Waals surface area contributed by atoms with Crippen molar-refractivity contribution in [2.45, 2.75) is 12.4 Å². The Labute approximate surface area is 105 Å². The Morgan fingerprint density at radius 3 is 1.90 bits per heavy atom. The molecule has 0 saturated heterocycles. The summed E-state index contributed by atoms with van der Waals surface area (Å²) >= 11 is 0. The zero-order valence-electron chi connectivity index (χ0n) is 9.04. The number of carboxylic acid groups (broad SMARTS) is 1. The average molecular weight is 303 g/mol. The van der Waals surface area contributed by atoms with E-state index in [2.05, 4.69) is 0 Å². The number of carboxylic acids is 1. The minimum absolute atomic E-state index is 0.0297. The first-order chi connectivity index (χ1) is 8.87. The molecule has 0 aromatic heterocycles. The highest BCUT2D eigenvalue weighted by Crippen LogP contribution is 2.43. The monoisotopic (exact) mass is 303 g/mol. The van der Waals surface area contributed by atoms with Gasteiger partial charge in [-0.3, -0.25) is 10.1 Å². The number of aromatic carboxylic acids is 1. The molecular weight excluding hydrogens is 300 g/mol. The molecule has 0 aliphatic carbocycles. The molecule has 0 unspecified atom stereocenters. The van der Waals surface area contributed by atoms with Crippen molar-refractivity contribution in [3.63, 3.8) is 0 Å². The number of carbonyl (C=O) groups is 1. The van der Waals surface area contributed by atoms with Crippen LogP contribution in [0.15, 0.2) is 12.1 Å². The van der Waals surface area contributed by atoms with E-state index in [1.807, 2.05) is 0 Å². The number of nitro groups is 1. The summed E-state index contributed by atoms with van der Waals surface area (Å²) < 4.78 is 75.5. The molecule has 0 saturated carbocycles. The maximum Gasteiger partial charge on any atom is 0.423 e. The molecule has 0 amide bonds. The van der Waals surface area contributed by atoms with E-state index in [1.54, 1.807) is 0 Å². The molecule has 11 heteroatoms. The molecule has 0 radical (unpaired) electrons. The number of halogens is 6. The summed E-state index contributed by atoms with van der Waals surface area (Å²) in [5.74, 6) is -2.56. The molecule has 1 aromatic rings. The number of hydrogen-bond donors (Lipinski definition) is 1. The molecule has 0 bridgehead atoms. The van der Waals surface area contributed by atoms with Crippen molar-refractivity contribution in [3.05, 3.63) is 38.9 Å². The Kier molecular flexibility index (Phi) is 3.66. The molecule has 0 aliphatic heterocycles. The van der Waals surface area contributed by atoms with E-state index in [1.165, 1.54) is 0 Å². The van der Waals surface area contributed by atoms with Gasteiger partial charge in [-0.05, 0) is 6.07 Å². The SMILES string of the molecule is O=C(O)c1c(C(F)(F)F)ccc([N+](=O)[O-])c1C(F)(F)F. The van der Waals surface area contributed by atoms with Crippen molar-refractivity contribution in [2.75, 3.05) is 0 Å². The molecule has 5 nitrogen and oxygen atoms in total. The second kappa shape index (κ2) is 4.65. The largest absolute Gasteiger partial charge is 0.478 e. The first-order valence-electron chi connectivity index (χ1n) is 4.56. The van der Waals surface area contributed by atoms with Gasteiger partial charge in [0.1, 0.15) is 5.56 Å². The van der Waals surface area contributed by atoms with Crippen LogP contribution in [-0.4, -0.2) is 16.0 Å². The topological polar surface area (TPSA) is 80.4 Å². The number of nitro benzene ring substituents is 1. The van der Waals surface area contributed by atoms with Gasteiger partial charge in [-0.15, -0.1) is 0 Å². The van der Waals surface area contributed by atoms with Crippen molar-refractivity contribution < 1.29 is 41.2 Å². The van der Waals surface area contributed by atoms with Crippen LogP contribution in [0.5, 0.6) is 0 Å². The van der Waals surface area contributed by atoms with E-state index in [4.69, 9.17) is 5.11 Å². The summed E-state index contributed by atoms with van der Waals surface area (Å²) in [6, 6.07) is -0.102. The maximum absolute atomic E-state index is 12.7. The van der Waals surface area contributed by atoms with E-state index in [0.717, 1.165) is 0 Å². The molecule has 1 rings (SSSR count). The van der Waals surface area contributed by atoms with Crippen molar-refractivity contribution in [2.24, 2.45) is 0 Å². The molecule has 1 aromatic carbocycles. The summed E-state index contributed by atoms with van der Waals surface area (Å²) in [4.78, 5) is 19.5. The predicted octanol–water partition coefficient (Wildman–Crippen LogP) is 3.33. The summed E-state index contributed by atoms with van der Waals surface area (Å²) in [7, 11) is 0. The first kappa shape index (κ1) is 15.7. The van der Waals surface area contributed by atoms with E-state index < -0.39 is 45.6 Å². The van der Waals surface area contributed by atoms with Crippen LogP contribution >= 0.6 is 0 Å². The van der Waals surface area contributed by atoms with Gasteiger partial charge in [0.25, 0.3) is 5.69 Å². The number of hydrogen-bond acceptors (Lipinski definition) is 3. The summed E-state index contributed by atoms with van der Waals surface area (Å²) in [6.07, 6.45) is -11.0. The van der Waals surface area contributed by atoms with Gasteiger partial charge < -0.3 is 5.11 Å². The Morgan fingerprint density at radius 2 is 1.60 bits per heavy atom. The minimum Gasteiger partial charge on any atom is -0.478 e. The molecule has 0 spiro atoms. The molecular formula is C9H3F6NO4. The summed E-state index contributed by atoms with van der Waals surface area (Å²) in [6.45, 7) is 0. The van der Waals surface area contributed by atoms with Gasteiger partial charge in [-0.25, -0.2) is 4.79 Å². The second-order valence-electron chi connectivity index (χ2n) is 3.44. The van der Waals surface area contributed by atoms with E-state index >= 15 is 0 Å². The Balaban J connectivity index is 3.91. The van der Waals surface area contributed by atoms with Gasteiger partial charge in [0.2, 0.25) is 0 Å². The fraction of sp³-hybridized carbons (Fsp3) is 0.222. The van der Waals surface area contributed by atoms with Gasteiger partial charge >= 0.3 is 18.3 Å². The average Bonchev–Trinajstić information content (AvgIpc) is 2.24. The van der Waals surface area contributed by atoms with Crippen LogP contribution in [0.25, 0.3) is 0 Å². The number of nitrogens with zero attached hydrogens (tertiary/aromatic N) is 1. The quantitative estimate of drug-likeness (QED) is 0.516. The van der Waals surface area contributed by atoms with Crippen molar-refractivity contribution in [3.8, 4) is 0 Å². The zero-order valence-corrected chi connectivity index (χ0v) is 9.04. The molecule has 0 aliphatic rings. The van der Waals surface area contributed by atoms with Crippen LogP contribution in [0, 0.1) is 10.1 Å². The summed E-state index contributed by atoms with van der Waals surface area (Å²) in [5.41, 5.74) is -8.50. The number of alkyl halides is 6. The zero-order chi connectivity index (χ0) is 15.9. The lowest BCUT2D eigenvalue weighted by molar-refractivity contribution is -0.388. The Hall–Kier alpha value is -2.33. The van der Waals surface area contributed by atoms with E-state index in [9.17, 15) is 41.3 Å². The van der Waals surface area contributed by atoms with Crippen LogP contribution in [0.4, 0.5) is 32.0 Å². The molecule has 0 fully saturated rings. The smallest absolute Gasteiger partial charge is 0.423 e. The van der Waals surface area contributed by atoms with E-state index in [-0.39, 0.29) is 12.1 Å². The van der Waals surface area contributed by atoms with Gasteiger partial charge in [-0.2, -0.15) is 26.3 Å². The third kappa shape index (κ3) is 2.81. The second-order valence-corrected chi connectivity index (χ2v) is 3.44. The number of benzene rings is 1. The normalized spacial score (nSPS) is 12.3. The fourth-order valence-corrected chi connectivity index (χ4v) is 1.49. The lowest BCUT2D eigenvalue weighted by atomic mass is 9.98. The van der Waals surface area contributed by atoms with Crippen molar-refractivity contribution in [1.29, 1.82) is 0 Å². The standard InChI is InChI=1S/C9H3F6NO4/c10-8(11,12)3-1-2-4(16(19)20)6(9(13,14)15)5(3)7(17)18/h1-2H,(H,17,18). The van der Waals surface area contributed by atoms with Crippen LogP contribution in [-0.2, 0) is 12.4 Å². The lowest BCUT2D eigenvalue weighted by Crippen LogP contribution is -2.21. The van der Waals surface area contributed by atoms with E-state index in [0.29, 0.717) is 0 Å². The number of rotatable bonds is 2. The summed E-state index contributed by atoms with van der Waals surface area (Å²) in [5, 5.41) is 19.0. The lowest BCUT2D eigenvalue weighted by Gasteiger charge is -2.15. The molecule has 0 atom stereocenters. The fourth-order valence-electron chi connectivity index (χ4n) is 1.49. The third-order valence-electron chi connectivity index (χ3n) is 2.18. The predicted molar refractivity (Wildman–Crippen MR) is 50.1 cm³/mol. The van der Waals surface area contributed by atoms with Gasteiger partial charge in [0, 0.05) is 6.07 Å². The van der Waals surface area contributed by atoms with Crippen LogP contribution in [0.3, 0.4) is 0 Å². The van der Waals surface area contributed by atoms with Gasteiger partial charge in [-0.1, -0.05) is 0 Å². The molecule has 1 N–H and O–H groups in total. The molecule has 20 heavy (non-hydrogen) atoms. The van der Waals surface area contributed by atoms with Crippen molar-refractivity contribution in [1.82, 2.24) is 0 Å². The molecule has 0 heterocycles.